The number of rotatable bonds is 5. The summed E-state index contributed by atoms with van der Waals surface area (Å²) >= 11 is 18.3. The second-order valence-electron chi connectivity index (χ2n) is 7.76. The van der Waals surface area contributed by atoms with Crippen LogP contribution >= 0.6 is 34.8 Å². The Kier molecular flexibility index (Phi) is 6.59. The van der Waals surface area contributed by atoms with E-state index >= 15 is 0 Å². The number of anilines is 2. The Hall–Kier alpha value is -3.58. The van der Waals surface area contributed by atoms with Crippen LogP contribution < -0.4 is 10.6 Å². The van der Waals surface area contributed by atoms with E-state index in [-0.39, 0.29) is 17.9 Å². The maximum absolute atomic E-state index is 12.5. The minimum absolute atomic E-state index is 0.172. The SMILES string of the molecule is O=C(/C=C/c1ccccc1Cl)Nc1nc2n(n1)[C@@H](c1ccc(Cl)cc1)C=C(c1ccc(Cl)cc1)N2. The van der Waals surface area contributed by atoms with Crippen LogP contribution in [0, 0.1) is 0 Å². The average molecular weight is 523 g/mol. The number of halogens is 3. The van der Waals surface area contributed by atoms with Crippen LogP contribution in [0.15, 0.2) is 84.9 Å². The number of allylic oxidation sites excluding steroid dienone is 1. The zero-order valence-corrected chi connectivity index (χ0v) is 20.4. The third-order valence-corrected chi connectivity index (χ3v) is 6.24. The van der Waals surface area contributed by atoms with Crippen LogP contribution in [0.3, 0.4) is 0 Å². The van der Waals surface area contributed by atoms with E-state index in [1.54, 1.807) is 16.8 Å². The fourth-order valence-electron chi connectivity index (χ4n) is 3.67. The van der Waals surface area contributed by atoms with Crippen LogP contribution in [0.25, 0.3) is 11.8 Å². The second-order valence-corrected chi connectivity index (χ2v) is 9.04. The monoisotopic (exact) mass is 521 g/mol. The van der Waals surface area contributed by atoms with Crippen molar-refractivity contribution in [1.82, 2.24) is 14.8 Å². The predicted molar refractivity (Wildman–Crippen MR) is 142 cm³/mol. The smallest absolute Gasteiger partial charge is 0.250 e. The molecule has 3 aromatic carbocycles. The van der Waals surface area contributed by atoms with Gasteiger partial charge in [0.15, 0.2) is 0 Å². The van der Waals surface area contributed by atoms with Gasteiger partial charge in [0.25, 0.3) is 11.9 Å². The maximum Gasteiger partial charge on any atom is 0.250 e. The number of aromatic nitrogens is 3. The minimum Gasteiger partial charge on any atom is -0.324 e. The van der Waals surface area contributed by atoms with Gasteiger partial charge in [-0.2, -0.15) is 4.98 Å². The Morgan fingerprint density at radius 1 is 0.943 bits per heavy atom. The molecule has 1 aliphatic rings. The molecule has 0 fully saturated rings. The molecule has 1 atom stereocenters. The lowest BCUT2D eigenvalue weighted by Gasteiger charge is -2.24. The lowest BCUT2D eigenvalue weighted by molar-refractivity contribution is -0.111. The van der Waals surface area contributed by atoms with Crippen LogP contribution in [0.2, 0.25) is 15.1 Å². The van der Waals surface area contributed by atoms with Gasteiger partial charge in [-0.3, -0.25) is 10.1 Å². The molecule has 0 aliphatic carbocycles. The third-order valence-electron chi connectivity index (χ3n) is 5.39. The molecule has 4 aromatic rings. The van der Waals surface area contributed by atoms with Gasteiger partial charge in [-0.1, -0.05) is 77.3 Å². The van der Waals surface area contributed by atoms with Gasteiger partial charge in [0, 0.05) is 26.8 Å². The van der Waals surface area contributed by atoms with Crippen molar-refractivity contribution in [3.05, 3.63) is 117 Å². The average Bonchev–Trinajstić information content (AvgIpc) is 3.26. The van der Waals surface area contributed by atoms with Crippen LogP contribution in [-0.2, 0) is 4.79 Å². The van der Waals surface area contributed by atoms with Gasteiger partial charge in [-0.15, -0.1) is 5.10 Å². The van der Waals surface area contributed by atoms with E-state index < -0.39 is 0 Å². The summed E-state index contributed by atoms with van der Waals surface area (Å²) in [5, 5.41) is 12.4. The van der Waals surface area contributed by atoms with E-state index in [9.17, 15) is 4.79 Å². The molecule has 9 heteroatoms. The van der Waals surface area contributed by atoms with Crippen molar-refractivity contribution in [2.75, 3.05) is 10.6 Å². The summed E-state index contributed by atoms with van der Waals surface area (Å²) in [5.41, 5.74) is 3.49. The van der Waals surface area contributed by atoms with Gasteiger partial charge in [-0.05, 0) is 59.2 Å². The van der Waals surface area contributed by atoms with Crippen molar-refractivity contribution in [2.24, 2.45) is 0 Å². The third kappa shape index (κ3) is 5.25. The molecule has 0 unspecified atom stereocenters. The molecule has 6 nitrogen and oxygen atoms in total. The first-order valence-corrected chi connectivity index (χ1v) is 11.8. The Labute approximate surface area is 216 Å². The molecular formula is C26H18Cl3N5O. The van der Waals surface area contributed by atoms with E-state index in [0.29, 0.717) is 21.0 Å². The summed E-state index contributed by atoms with van der Waals surface area (Å²) in [7, 11) is 0. The highest BCUT2D eigenvalue weighted by Crippen LogP contribution is 2.34. The summed E-state index contributed by atoms with van der Waals surface area (Å²) in [6, 6.07) is 22.0. The highest BCUT2D eigenvalue weighted by atomic mass is 35.5. The Morgan fingerprint density at radius 3 is 2.34 bits per heavy atom. The van der Waals surface area contributed by atoms with Crippen molar-refractivity contribution >= 4 is 64.4 Å². The van der Waals surface area contributed by atoms with Crippen molar-refractivity contribution in [2.45, 2.75) is 6.04 Å². The number of fused-ring (bicyclic) bond motifs is 1. The van der Waals surface area contributed by atoms with Crippen LogP contribution in [0.4, 0.5) is 11.9 Å². The highest BCUT2D eigenvalue weighted by molar-refractivity contribution is 6.32. The van der Waals surface area contributed by atoms with Gasteiger partial charge < -0.3 is 5.32 Å². The molecule has 0 saturated heterocycles. The number of nitrogens with zero attached hydrogens (tertiary/aromatic N) is 3. The van der Waals surface area contributed by atoms with Gasteiger partial charge >= 0.3 is 0 Å². The first-order valence-electron chi connectivity index (χ1n) is 10.7. The molecule has 0 radical (unpaired) electrons. The normalized spacial score (nSPS) is 14.8. The van der Waals surface area contributed by atoms with Gasteiger partial charge in [0.1, 0.15) is 6.04 Å². The molecule has 174 valence electrons. The van der Waals surface area contributed by atoms with Crippen LogP contribution in [0.1, 0.15) is 22.7 Å². The standard InChI is InChI=1S/C26H18Cl3N5O/c27-19-10-5-17(6-11-19)22-15-23(18-7-12-20(28)13-8-18)34-26(30-22)32-25(33-34)31-24(35)14-9-16-3-1-2-4-21(16)29/h1-15,23H,(H2,30,31,32,33,35)/b14-9+/t23-/m1/s1. The van der Waals surface area contributed by atoms with E-state index in [2.05, 4.69) is 20.7 Å². The molecule has 0 bridgehead atoms. The number of nitrogens with one attached hydrogen (secondary N) is 2. The maximum atomic E-state index is 12.5. The first-order chi connectivity index (χ1) is 17.0. The van der Waals surface area contributed by atoms with Crippen LogP contribution in [-0.4, -0.2) is 20.7 Å². The molecule has 5 rings (SSSR count). The molecule has 1 aromatic heterocycles. The van der Waals surface area contributed by atoms with E-state index in [4.69, 9.17) is 34.8 Å². The molecule has 0 saturated carbocycles. The molecule has 2 heterocycles. The van der Waals surface area contributed by atoms with E-state index in [1.807, 2.05) is 72.8 Å². The summed E-state index contributed by atoms with van der Waals surface area (Å²) in [6.45, 7) is 0. The van der Waals surface area contributed by atoms with Crippen molar-refractivity contribution in [3.63, 3.8) is 0 Å². The fourth-order valence-corrected chi connectivity index (χ4v) is 4.12. The number of benzene rings is 3. The van der Waals surface area contributed by atoms with Gasteiger partial charge in [0.2, 0.25) is 5.95 Å². The lowest BCUT2D eigenvalue weighted by Crippen LogP contribution is -2.20. The molecule has 0 spiro atoms. The zero-order valence-electron chi connectivity index (χ0n) is 18.1. The topological polar surface area (TPSA) is 71.8 Å². The Bertz CT molecular complexity index is 1440. The Balaban J connectivity index is 1.44. The number of amides is 1. The number of hydrogen-bond donors (Lipinski definition) is 2. The summed E-state index contributed by atoms with van der Waals surface area (Å²) in [5.74, 6) is 0.288. The van der Waals surface area contributed by atoms with Gasteiger partial charge in [-0.25, -0.2) is 4.68 Å². The van der Waals surface area contributed by atoms with Crippen molar-refractivity contribution in [1.29, 1.82) is 0 Å². The largest absolute Gasteiger partial charge is 0.324 e. The molecular weight excluding hydrogens is 505 g/mol. The van der Waals surface area contributed by atoms with Crippen LogP contribution in [0.5, 0.6) is 0 Å². The molecule has 1 aliphatic heterocycles. The van der Waals surface area contributed by atoms with E-state index in [0.717, 1.165) is 22.4 Å². The second kappa shape index (κ2) is 9.96. The van der Waals surface area contributed by atoms with Crippen molar-refractivity contribution in [3.8, 4) is 0 Å². The lowest BCUT2D eigenvalue weighted by atomic mass is 10.0. The quantitative estimate of drug-likeness (QED) is 0.278. The summed E-state index contributed by atoms with van der Waals surface area (Å²) in [6.07, 6.45) is 5.07. The van der Waals surface area contributed by atoms with Gasteiger partial charge in [0.05, 0.1) is 0 Å². The zero-order chi connectivity index (χ0) is 24.4. The minimum atomic E-state index is -0.373. The number of carbonyl (C=O) groups is 1. The highest BCUT2D eigenvalue weighted by Gasteiger charge is 2.25. The van der Waals surface area contributed by atoms with E-state index in [1.165, 1.54) is 6.08 Å². The summed E-state index contributed by atoms with van der Waals surface area (Å²) < 4.78 is 1.72. The Morgan fingerprint density at radius 2 is 1.63 bits per heavy atom. The first kappa shape index (κ1) is 23.2. The molecule has 35 heavy (non-hydrogen) atoms. The molecule has 1 amide bonds. The number of carbonyl (C=O) groups excluding carboxylic acids is 1. The number of hydrogen-bond acceptors (Lipinski definition) is 4. The molecule has 2 N–H and O–H groups in total. The van der Waals surface area contributed by atoms with Crippen molar-refractivity contribution < 1.29 is 4.79 Å². The predicted octanol–water partition coefficient (Wildman–Crippen LogP) is 6.95. The fraction of sp³-hybridized carbons (Fsp3) is 0.0385. The summed E-state index contributed by atoms with van der Waals surface area (Å²) in [4.78, 5) is 17.0.